The molecule has 1 aromatic heterocycles. The summed E-state index contributed by atoms with van der Waals surface area (Å²) >= 11 is 0. The lowest BCUT2D eigenvalue weighted by Crippen LogP contribution is -2.23. The molecule has 2 aromatic rings. The predicted molar refractivity (Wildman–Crippen MR) is 97.8 cm³/mol. The lowest BCUT2D eigenvalue weighted by Gasteiger charge is -2.18. The Labute approximate surface area is 148 Å². The molecule has 0 saturated heterocycles. The molecule has 0 bridgehead atoms. The highest BCUT2D eigenvalue weighted by atomic mass is 16.5. The Morgan fingerprint density at radius 2 is 2.08 bits per heavy atom. The first-order chi connectivity index (χ1) is 12.0. The number of hydrogen-bond donors (Lipinski definition) is 1. The van der Waals surface area contributed by atoms with E-state index in [9.17, 15) is 0 Å². The average Bonchev–Trinajstić information content (AvgIpc) is 3.36. The maximum absolute atomic E-state index is 8.50. The van der Waals surface area contributed by atoms with Crippen LogP contribution in [0.1, 0.15) is 31.0 Å². The largest absolute Gasteiger partial charge is 0.488 e. The van der Waals surface area contributed by atoms with Gasteiger partial charge in [0.2, 0.25) is 0 Å². The Balaban J connectivity index is 1.77. The molecule has 1 N–H and O–H groups in total. The molecule has 0 spiro atoms. The first-order valence-electron chi connectivity index (χ1n) is 8.41. The molecule has 0 unspecified atom stereocenters. The highest BCUT2D eigenvalue weighted by Crippen LogP contribution is 2.39. The van der Waals surface area contributed by atoms with E-state index in [-0.39, 0.29) is 5.60 Å². The first kappa shape index (κ1) is 17.4. The van der Waals surface area contributed by atoms with E-state index in [0.29, 0.717) is 18.0 Å². The standard InChI is InChI=1S/C19H24N4O2/c1-19(7-8-19)25-15-6-4-5-14(11-15)18(20)16-12-17(22-13-21-16)23(2)9-10-24-3/h4-6,11-13,20H,7-10H2,1-3H3. The second kappa shape index (κ2) is 7.19. The van der Waals surface area contributed by atoms with Crippen molar-refractivity contribution in [3.63, 3.8) is 0 Å². The van der Waals surface area contributed by atoms with Crippen LogP contribution in [0.2, 0.25) is 0 Å². The summed E-state index contributed by atoms with van der Waals surface area (Å²) < 4.78 is 11.1. The number of nitrogens with zero attached hydrogens (tertiary/aromatic N) is 3. The van der Waals surface area contributed by atoms with Crippen LogP contribution in [0.15, 0.2) is 36.7 Å². The third kappa shape index (κ3) is 4.33. The third-order valence-corrected chi connectivity index (χ3v) is 4.37. The molecule has 3 rings (SSSR count). The number of aromatic nitrogens is 2. The molecule has 6 heteroatoms. The maximum atomic E-state index is 8.50. The summed E-state index contributed by atoms with van der Waals surface area (Å²) in [6, 6.07) is 9.49. The van der Waals surface area contributed by atoms with Gasteiger partial charge in [-0.1, -0.05) is 12.1 Å². The van der Waals surface area contributed by atoms with Gasteiger partial charge in [0, 0.05) is 32.3 Å². The molecule has 1 fully saturated rings. The van der Waals surface area contributed by atoms with E-state index in [4.69, 9.17) is 14.9 Å². The van der Waals surface area contributed by atoms with E-state index in [1.807, 2.05) is 42.3 Å². The van der Waals surface area contributed by atoms with Gasteiger partial charge in [0.15, 0.2) is 0 Å². The maximum Gasteiger partial charge on any atom is 0.132 e. The summed E-state index contributed by atoms with van der Waals surface area (Å²) in [7, 11) is 3.62. The van der Waals surface area contributed by atoms with Crippen LogP contribution in [-0.2, 0) is 4.74 Å². The zero-order valence-corrected chi connectivity index (χ0v) is 15.0. The number of likely N-dealkylation sites (N-methyl/N-ethyl adjacent to an activating group) is 1. The van der Waals surface area contributed by atoms with Gasteiger partial charge in [-0.2, -0.15) is 0 Å². The topological polar surface area (TPSA) is 71.3 Å². The number of rotatable bonds is 8. The smallest absolute Gasteiger partial charge is 0.132 e. The van der Waals surface area contributed by atoms with Gasteiger partial charge in [0.05, 0.1) is 18.0 Å². The fraction of sp³-hybridized carbons (Fsp3) is 0.421. The summed E-state index contributed by atoms with van der Waals surface area (Å²) in [5.41, 5.74) is 1.69. The normalized spacial score (nSPS) is 14.8. The van der Waals surface area contributed by atoms with Crippen LogP contribution in [0.25, 0.3) is 0 Å². The van der Waals surface area contributed by atoms with Gasteiger partial charge in [-0.3, -0.25) is 5.41 Å². The fourth-order valence-electron chi connectivity index (χ4n) is 2.46. The Morgan fingerprint density at radius 3 is 2.80 bits per heavy atom. The predicted octanol–water partition coefficient (Wildman–Crippen LogP) is 2.91. The van der Waals surface area contributed by atoms with Gasteiger partial charge < -0.3 is 14.4 Å². The molecular weight excluding hydrogens is 316 g/mol. The van der Waals surface area contributed by atoms with E-state index in [1.165, 1.54) is 6.33 Å². The molecule has 1 heterocycles. The van der Waals surface area contributed by atoms with Gasteiger partial charge in [-0.25, -0.2) is 9.97 Å². The van der Waals surface area contributed by atoms with Crippen molar-refractivity contribution in [2.45, 2.75) is 25.4 Å². The lowest BCUT2D eigenvalue weighted by molar-refractivity contribution is 0.200. The Hall–Kier alpha value is -2.47. The fourth-order valence-corrected chi connectivity index (χ4v) is 2.46. The van der Waals surface area contributed by atoms with E-state index < -0.39 is 0 Å². The Bertz CT molecular complexity index is 759. The molecular formula is C19H24N4O2. The number of anilines is 1. The van der Waals surface area contributed by atoms with Crippen LogP contribution in [-0.4, -0.2) is 48.6 Å². The number of nitrogens with one attached hydrogen (secondary N) is 1. The number of benzene rings is 1. The highest BCUT2D eigenvalue weighted by molar-refractivity contribution is 6.10. The van der Waals surface area contributed by atoms with Crippen molar-refractivity contribution in [3.05, 3.63) is 47.9 Å². The van der Waals surface area contributed by atoms with Gasteiger partial charge in [0.25, 0.3) is 0 Å². The quantitative estimate of drug-likeness (QED) is 0.748. The minimum atomic E-state index is -0.0348. The minimum absolute atomic E-state index is 0.0348. The van der Waals surface area contributed by atoms with Crippen molar-refractivity contribution in [2.24, 2.45) is 0 Å². The van der Waals surface area contributed by atoms with Crippen LogP contribution in [0.5, 0.6) is 5.75 Å². The zero-order chi connectivity index (χ0) is 17.9. The molecule has 0 aliphatic heterocycles. The molecule has 1 saturated carbocycles. The molecule has 1 aliphatic carbocycles. The average molecular weight is 340 g/mol. The summed E-state index contributed by atoms with van der Waals surface area (Å²) in [4.78, 5) is 10.5. The molecule has 1 aromatic carbocycles. The third-order valence-electron chi connectivity index (χ3n) is 4.37. The number of hydrogen-bond acceptors (Lipinski definition) is 6. The van der Waals surface area contributed by atoms with Crippen molar-refractivity contribution >= 4 is 11.5 Å². The van der Waals surface area contributed by atoms with Crippen molar-refractivity contribution < 1.29 is 9.47 Å². The highest BCUT2D eigenvalue weighted by Gasteiger charge is 2.40. The molecule has 6 nitrogen and oxygen atoms in total. The first-order valence-corrected chi connectivity index (χ1v) is 8.41. The van der Waals surface area contributed by atoms with Crippen LogP contribution in [0.4, 0.5) is 5.82 Å². The van der Waals surface area contributed by atoms with Crippen molar-refractivity contribution in [1.29, 1.82) is 5.41 Å². The Kier molecular flexibility index (Phi) is 4.99. The summed E-state index contributed by atoms with van der Waals surface area (Å²) in [6.07, 6.45) is 3.66. The van der Waals surface area contributed by atoms with Crippen LogP contribution < -0.4 is 9.64 Å². The molecule has 0 amide bonds. The second-order valence-electron chi connectivity index (χ2n) is 6.63. The number of ether oxygens (including phenoxy) is 2. The van der Waals surface area contributed by atoms with Gasteiger partial charge >= 0.3 is 0 Å². The van der Waals surface area contributed by atoms with E-state index >= 15 is 0 Å². The lowest BCUT2D eigenvalue weighted by atomic mass is 10.1. The van der Waals surface area contributed by atoms with Crippen LogP contribution in [0, 0.1) is 5.41 Å². The van der Waals surface area contributed by atoms with Gasteiger partial charge in [-0.15, -0.1) is 0 Å². The molecule has 1 aliphatic rings. The summed E-state index contributed by atoms with van der Waals surface area (Å²) in [5.74, 6) is 1.57. The van der Waals surface area contributed by atoms with Crippen molar-refractivity contribution in [1.82, 2.24) is 9.97 Å². The van der Waals surface area contributed by atoms with Crippen molar-refractivity contribution in [3.8, 4) is 5.75 Å². The Morgan fingerprint density at radius 1 is 1.28 bits per heavy atom. The van der Waals surface area contributed by atoms with Gasteiger partial charge in [-0.05, 0) is 31.9 Å². The van der Waals surface area contributed by atoms with Gasteiger partial charge in [0.1, 0.15) is 23.5 Å². The van der Waals surface area contributed by atoms with Crippen LogP contribution in [0.3, 0.4) is 0 Å². The van der Waals surface area contributed by atoms with E-state index in [0.717, 1.165) is 36.5 Å². The van der Waals surface area contributed by atoms with Crippen LogP contribution >= 0.6 is 0 Å². The monoisotopic (exact) mass is 340 g/mol. The van der Waals surface area contributed by atoms with E-state index in [2.05, 4.69) is 16.9 Å². The SMILES string of the molecule is COCCN(C)c1cc(C(=N)c2cccc(OC3(C)CC3)c2)ncn1. The zero-order valence-electron chi connectivity index (χ0n) is 15.0. The summed E-state index contributed by atoms with van der Waals surface area (Å²) in [6.45, 7) is 3.45. The molecule has 0 atom stereocenters. The summed E-state index contributed by atoms with van der Waals surface area (Å²) in [5, 5.41) is 8.50. The number of methoxy groups -OCH3 is 1. The minimum Gasteiger partial charge on any atom is -0.488 e. The molecule has 132 valence electrons. The van der Waals surface area contributed by atoms with E-state index in [1.54, 1.807) is 7.11 Å². The second-order valence-corrected chi connectivity index (χ2v) is 6.63. The molecule has 25 heavy (non-hydrogen) atoms. The van der Waals surface area contributed by atoms with Crippen molar-refractivity contribution in [2.75, 3.05) is 32.2 Å². The molecule has 0 radical (unpaired) electrons.